The van der Waals surface area contributed by atoms with Crippen LogP contribution in [0.5, 0.6) is 0 Å². The number of rotatable bonds is 3. The standard InChI is InChI=1S/C24H27ClFNO2/c1-15-6-11-20-21(12-15)29-22(17-4-3-5-18(25)13-17)14-24(20,2)27-23(28)16-7-9-19(26)10-8-16/h3-5,7-10,13,15,20-22H,6,11-12,14H2,1-2H3,(H,27,28)/t15-,20-,21-,22-,24-/m0/s1. The van der Waals surface area contributed by atoms with Gasteiger partial charge < -0.3 is 10.1 Å². The molecule has 0 aromatic heterocycles. The van der Waals surface area contributed by atoms with Crippen LogP contribution in [0.1, 0.15) is 61.6 Å². The smallest absolute Gasteiger partial charge is 0.251 e. The highest BCUT2D eigenvalue weighted by Crippen LogP contribution is 2.48. The Kier molecular flexibility index (Phi) is 5.67. The normalized spacial score (nSPS) is 31.7. The van der Waals surface area contributed by atoms with E-state index in [2.05, 4.69) is 19.2 Å². The summed E-state index contributed by atoms with van der Waals surface area (Å²) in [6.07, 6.45) is 3.79. The zero-order valence-corrected chi connectivity index (χ0v) is 17.6. The van der Waals surface area contributed by atoms with Crippen LogP contribution in [-0.2, 0) is 4.74 Å². The van der Waals surface area contributed by atoms with Crippen LogP contribution in [0.2, 0.25) is 5.02 Å². The van der Waals surface area contributed by atoms with Crippen molar-refractivity contribution in [2.45, 2.75) is 57.3 Å². The highest BCUT2D eigenvalue weighted by atomic mass is 35.5. The van der Waals surface area contributed by atoms with Crippen molar-refractivity contribution in [3.63, 3.8) is 0 Å². The van der Waals surface area contributed by atoms with Crippen molar-refractivity contribution in [2.75, 3.05) is 0 Å². The number of benzene rings is 2. The van der Waals surface area contributed by atoms with Gasteiger partial charge in [0.1, 0.15) is 5.82 Å². The summed E-state index contributed by atoms with van der Waals surface area (Å²) in [7, 11) is 0. The van der Waals surface area contributed by atoms with E-state index in [-0.39, 0.29) is 29.9 Å². The van der Waals surface area contributed by atoms with Crippen LogP contribution in [0.25, 0.3) is 0 Å². The first kappa shape index (κ1) is 20.4. The Morgan fingerprint density at radius 3 is 2.69 bits per heavy atom. The molecule has 29 heavy (non-hydrogen) atoms. The van der Waals surface area contributed by atoms with Crippen molar-refractivity contribution in [1.82, 2.24) is 5.32 Å². The number of carbonyl (C=O) groups excluding carboxylic acids is 1. The van der Waals surface area contributed by atoms with Crippen LogP contribution >= 0.6 is 11.6 Å². The second-order valence-electron chi connectivity index (χ2n) is 8.83. The number of amides is 1. The van der Waals surface area contributed by atoms with Gasteiger partial charge in [-0.1, -0.05) is 37.1 Å². The minimum Gasteiger partial charge on any atom is -0.370 e. The third-order valence-corrected chi connectivity index (χ3v) is 6.78. The van der Waals surface area contributed by atoms with Crippen molar-refractivity contribution < 1.29 is 13.9 Å². The number of hydrogen-bond acceptors (Lipinski definition) is 2. The number of ether oxygens (including phenoxy) is 1. The molecule has 1 amide bonds. The molecule has 2 fully saturated rings. The Balaban J connectivity index is 1.62. The van der Waals surface area contributed by atoms with Gasteiger partial charge in [0, 0.05) is 28.5 Å². The Bertz CT molecular complexity index is 887. The number of carbonyl (C=O) groups is 1. The van der Waals surface area contributed by atoms with E-state index in [1.165, 1.54) is 24.3 Å². The fourth-order valence-corrected chi connectivity index (χ4v) is 5.18. The molecule has 0 bridgehead atoms. The molecular formula is C24H27ClFNO2. The number of nitrogens with one attached hydrogen (secondary N) is 1. The van der Waals surface area contributed by atoms with E-state index in [9.17, 15) is 9.18 Å². The molecular weight excluding hydrogens is 389 g/mol. The third kappa shape index (κ3) is 4.34. The van der Waals surface area contributed by atoms with Crippen molar-refractivity contribution in [1.29, 1.82) is 0 Å². The quantitative estimate of drug-likeness (QED) is 0.674. The summed E-state index contributed by atoms with van der Waals surface area (Å²) in [6.45, 7) is 4.39. The zero-order chi connectivity index (χ0) is 20.6. The maximum Gasteiger partial charge on any atom is 0.251 e. The first-order valence-electron chi connectivity index (χ1n) is 10.3. The van der Waals surface area contributed by atoms with E-state index in [1.807, 2.05) is 24.3 Å². The Morgan fingerprint density at radius 2 is 1.97 bits per heavy atom. The lowest BCUT2D eigenvalue weighted by Gasteiger charge is -2.52. The fourth-order valence-electron chi connectivity index (χ4n) is 4.98. The summed E-state index contributed by atoms with van der Waals surface area (Å²) < 4.78 is 19.8. The lowest BCUT2D eigenvalue weighted by Crippen LogP contribution is -2.60. The van der Waals surface area contributed by atoms with Gasteiger partial charge in [0.05, 0.1) is 12.2 Å². The van der Waals surface area contributed by atoms with Gasteiger partial charge in [0.2, 0.25) is 0 Å². The minimum atomic E-state index is -0.415. The second-order valence-corrected chi connectivity index (χ2v) is 9.26. The molecule has 154 valence electrons. The predicted octanol–water partition coefficient (Wildman–Crippen LogP) is 5.93. The lowest BCUT2D eigenvalue weighted by molar-refractivity contribution is -0.144. The zero-order valence-electron chi connectivity index (χ0n) is 16.8. The van der Waals surface area contributed by atoms with Crippen molar-refractivity contribution >= 4 is 17.5 Å². The van der Waals surface area contributed by atoms with Crippen LogP contribution in [-0.4, -0.2) is 17.6 Å². The van der Waals surface area contributed by atoms with Gasteiger partial charge in [-0.25, -0.2) is 4.39 Å². The molecule has 1 heterocycles. The summed E-state index contributed by atoms with van der Waals surface area (Å²) in [5.41, 5.74) is 1.09. The van der Waals surface area contributed by atoms with E-state index in [4.69, 9.17) is 16.3 Å². The summed E-state index contributed by atoms with van der Waals surface area (Å²) >= 11 is 6.22. The molecule has 2 aromatic carbocycles. The molecule has 2 aromatic rings. The molecule has 2 aliphatic rings. The summed E-state index contributed by atoms with van der Waals surface area (Å²) in [6, 6.07) is 13.5. The Hall–Kier alpha value is -1.91. The number of halogens is 2. The average molecular weight is 416 g/mol. The molecule has 1 aliphatic heterocycles. The molecule has 1 aliphatic carbocycles. The first-order chi connectivity index (χ1) is 13.8. The average Bonchev–Trinajstić information content (AvgIpc) is 2.67. The van der Waals surface area contributed by atoms with Crippen molar-refractivity contribution in [2.24, 2.45) is 11.8 Å². The third-order valence-electron chi connectivity index (χ3n) is 6.55. The minimum absolute atomic E-state index is 0.0926. The second kappa shape index (κ2) is 8.08. The molecule has 0 unspecified atom stereocenters. The number of fused-ring (bicyclic) bond motifs is 1. The molecule has 5 atom stereocenters. The molecule has 3 nitrogen and oxygen atoms in total. The summed E-state index contributed by atoms with van der Waals surface area (Å²) in [4.78, 5) is 13.0. The van der Waals surface area contributed by atoms with Gasteiger partial charge in [-0.05, 0) is 67.6 Å². The Morgan fingerprint density at radius 1 is 1.21 bits per heavy atom. The monoisotopic (exact) mass is 415 g/mol. The van der Waals surface area contributed by atoms with Crippen LogP contribution in [0.15, 0.2) is 48.5 Å². The molecule has 0 spiro atoms. The lowest BCUT2D eigenvalue weighted by atomic mass is 9.66. The molecule has 5 heteroatoms. The van der Waals surface area contributed by atoms with Crippen LogP contribution in [0.3, 0.4) is 0 Å². The van der Waals surface area contributed by atoms with E-state index in [1.54, 1.807) is 0 Å². The predicted molar refractivity (Wildman–Crippen MR) is 112 cm³/mol. The van der Waals surface area contributed by atoms with Crippen LogP contribution in [0.4, 0.5) is 4.39 Å². The van der Waals surface area contributed by atoms with Gasteiger partial charge >= 0.3 is 0 Å². The fraction of sp³-hybridized carbons (Fsp3) is 0.458. The van der Waals surface area contributed by atoms with Gasteiger partial charge in [-0.15, -0.1) is 0 Å². The van der Waals surface area contributed by atoms with E-state index in [0.717, 1.165) is 24.8 Å². The maximum absolute atomic E-state index is 13.3. The highest BCUT2D eigenvalue weighted by Gasteiger charge is 2.49. The highest BCUT2D eigenvalue weighted by molar-refractivity contribution is 6.30. The topological polar surface area (TPSA) is 38.3 Å². The maximum atomic E-state index is 13.3. The van der Waals surface area contributed by atoms with Crippen LogP contribution in [0, 0.1) is 17.7 Å². The van der Waals surface area contributed by atoms with Crippen molar-refractivity contribution in [3.05, 3.63) is 70.5 Å². The van der Waals surface area contributed by atoms with E-state index in [0.29, 0.717) is 22.9 Å². The molecule has 1 saturated heterocycles. The molecule has 4 rings (SSSR count). The van der Waals surface area contributed by atoms with E-state index >= 15 is 0 Å². The van der Waals surface area contributed by atoms with Gasteiger partial charge in [-0.3, -0.25) is 4.79 Å². The Labute approximate surface area is 176 Å². The molecule has 0 radical (unpaired) electrons. The van der Waals surface area contributed by atoms with Gasteiger partial charge in [-0.2, -0.15) is 0 Å². The SMILES string of the molecule is C[C@H]1CC[C@H]2[C@H](C1)O[C@H](c1cccc(Cl)c1)C[C@]2(C)NC(=O)c1ccc(F)cc1. The van der Waals surface area contributed by atoms with Crippen LogP contribution < -0.4 is 5.32 Å². The molecule has 1 N–H and O–H groups in total. The number of hydrogen-bond donors (Lipinski definition) is 1. The first-order valence-corrected chi connectivity index (χ1v) is 10.7. The van der Waals surface area contributed by atoms with Gasteiger partial charge in [0.15, 0.2) is 0 Å². The largest absolute Gasteiger partial charge is 0.370 e. The summed E-state index contributed by atoms with van der Waals surface area (Å²) in [5.74, 6) is 0.336. The van der Waals surface area contributed by atoms with Gasteiger partial charge in [0.25, 0.3) is 5.91 Å². The molecule has 1 saturated carbocycles. The van der Waals surface area contributed by atoms with Crippen molar-refractivity contribution in [3.8, 4) is 0 Å². The summed E-state index contributed by atoms with van der Waals surface area (Å²) in [5, 5.41) is 3.97. The van der Waals surface area contributed by atoms with E-state index < -0.39 is 5.54 Å².